The van der Waals surface area contributed by atoms with Crippen molar-refractivity contribution in [3.05, 3.63) is 77.0 Å². The summed E-state index contributed by atoms with van der Waals surface area (Å²) in [6, 6.07) is 17.4. The first kappa shape index (κ1) is 24.7. The van der Waals surface area contributed by atoms with E-state index >= 15 is 0 Å². The molecule has 0 spiro atoms. The van der Waals surface area contributed by atoms with Crippen LogP contribution in [-0.2, 0) is 10.0 Å². The highest BCUT2D eigenvalue weighted by Crippen LogP contribution is 2.30. The number of rotatable bonds is 8. The third kappa shape index (κ3) is 5.63. The number of sulfonamides is 1. The van der Waals surface area contributed by atoms with E-state index < -0.39 is 15.8 Å². The molecular weight excluding hydrogens is 539 g/mol. The maximum absolute atomic E-state index is 13.9. The first-order valence-electron chi connectivity index (χ1n) is 10.5. The SMILES string of the molecule is COc1ccc(Br)cc1S(=O)(=O)Nc1ccc(-n2nc(OC(C)C)nc2-c2cccc(F)c2)cc1. The van der Waals surface area contributed by atoms with E-state index in [9.17, 15) is 12.8 Å². The highest BCUT2D eigenvalue weighted by atomic mass is 79.9. The summed E-state index contributed by atoms with van der Waals surface area (Å²) >= 11 is 3.29. The fraction of sp³-hybridized carbons (Fsp3) is 0.167. The largest absolute Gasteiger partial charge is 0.495 e. The highest BCUT2D eigenvalue weighted by molar-refractivity contribution is 9.10. The van der Waals surface area contributed by atoms with Crippen molar-refractivity contribution < 1.29 is 22.3 Å². The van der Waals surface area contributed by atoms with Crippen LogP contribution < -0.4 is 14.2 Å². The second-order valence-corrected chi connectivity index (χ2v) is 10.3. The molecule has 0 aliphatic heterocycles. The zero-order valence-corrected chi connectivity index (χ0v) is 21.5. The van der Waals surface area contributed by atoms with Gasteiger partial charge in [0.05, 0.1) is 18.9 Å². The van der Waals surface area contributed by atoms with Crippen LogP contribution in [0.25, 0.3) is 17.1 Å². The summed E-state index contributed by atoms with van der Waals surface area (Å²) in [4.78, 5) is 4.42. The van der Waals surface area contributed by atoms with Crippen molar-refractivity contribution in [2.24, 2.45) is 0 Å². The first-order valence-corrected chi connectivity index (χ1v) is 12.8. The van der Waals surface area contributed by atoms with Gasteiger partial charge in [0.25, 0.3) is 10.0 Å². The molecule has 3 aromatic carbocycles. The van der Waals surface area contributed by atoms with Gasteiger partial charge in [0, 0.05) is 15.7 Å². The number of ether oxygens (including phenoxy) is 2. The average Bonchev–Trinajstić information content (AvgIpc) is 3.22. The molecule has 0 radical (unpaired) electrons. The maximum atomic E-state index is 13.9. The molecule has 0 aliphatic rings. The van der Waals surface area contributed by atoms with Crippen molar-refractivity contribution in [1.82, 2.24) is 14.8 Å². The zero-order chi connectivity index (χ0) is 25.2. The quantitative estimate of drug-likeness (QED) is 0.308. The average molecular weight is 561 g/mol. The normalized spacial score (nSPS) is 11.5. The number of methoxy groups -OCH3 is 1. The molecule has 0 unspecified atom stereocenters. The van der Waals surface area contributed by atoms with E-state index in [1.165, 1.54) is 30.0 Å². The molecule has 0 fully saturated rings. The molecule has 35 heavy (non-hydrogen) atoms. The van der Waals surface area contributed by atoms with Crippen LogP contribution in [0.5, 0.6) is 11.8 Å². The Morgan fingerprint density at radius 2 is 1.80 bits per heavy atom. The van der Waals surface area contributed by atoms with Gasteiger partial charge in [-0.2, -0.15) is 4.98 Å². The summed E-state index contributed by atoms with van der Waals surface area (Å²) in [5, 5.41) is 4.41. The summed E-state index contributed by atoms with van der Waals surface area (Å²) < 4.78 is 55.3. The predicted molar refractivity (Wildman–Crippen MR) is 134 cm³/mol. The van der Waals surface area contributed by atoms with Gasteiger partial charge in [-0.05, 0) is 68.4 Å². The second-order valence-electron chi connectivity index (χ2n) is 7.75. The molecule has 0 atom stereocenters. The van der Waals surface area contributed by atoms with Gasteiger partial charge in [-0.25, -0.2) is 17.5 Å². The number of nitrogens with one attached hydrogen (secondary N) is 1. The minimum Gasteiger partial charge on any atom is -0.495 e. The Hall–Kier alpha value is -3.44. The van der Waals surface area contributed by atoms with E-state index in [-0.39, 0.29) is 22.8 Å². The van der Waals surface area contributed by atoms with Crippen molar-refractivity contribution in [3.8, 4) is 28.8 Å². The van der Waals surface area contributed by atoms with Gasteiger partial charge >= 0.3 is 6.01 Å². The lowest BCUT2D eigenvalue weighted by atomic mass is 10.2. The molecule has 8 nitrogen and oxygen atoms in total. The Kier molecular flexibility index (Phi) is 7.08. The number of anilines is 1. The van der Waals surface area contributed by atoms with Crippen LogP contribution in [0.2, 0.25) is 0 Å². The van der Waals surface area contributed by atoms with Gasteiger partial charge < -0.3 is 9.47 Å². The van der Waals surface area contributed by atoms with Gasteiger partial charge in [-0.1, -0.05) is 28.1 Å². The lowest BCUT2D eigenvalue weighted by molar-refractivity contribution is 0.222. The Bertz CT molecular complexity index is 1460. The minimum absolute atomic E-state index is 0.00130. The zero-order valence-electron chi connectivity index (χ0n) is 19.1. The molecule has 182 valence electrons. The Morgan fingerprint density at radius 1 is 1.06 bits per heavy atom. The molecule has 0 amide bonds. The second kappa shape index (κ2) is 10.0. The molecule has 0 saturated carbocycles. The summed E-state index contributed by atoms with van der Waals surface area (Å²) in [7, 11) is -2.52. The lowest BCUT2D eigenvalue weighted by Crippen LogP contribution is -2.14. The highest BCUT2D eigenvalue weighted by Gasteiger charge is 2.21. The third-order valence-corrected chi connectivity index (χ3v) is 6.69. The molecule has 1 aromatic heterocycles. The van der Waals surface area contributed by atoms with Crippen LogP contribution in [0.4, 0.5) is 10.1 Å². The number of benzene rings is 3. The molecule has 4 aromatic rings. The Balaban J connectivity index is 1.67. The minimum atomic E-state index is -3.92. The summed E-state index contributed by atoms with van der Waals surface area (Å²) in [6.45, 7) is 3.70. The van der Waals surface area contributed by atoms with Crippen LogP contribution in [0, 0.1) is 5.82 Å². The van der Waals surface area contributed by atoms with Crippen molar-refractivity contribution in [1.29, 1.82) is 0 Å². The van der Waals surface area contributed by atoms with Crippen LogP contribution in [-0.4, -0.2) is 36.4 Å². The fourth-order valence-corrected chi connectivity index (χ4v) is 5.06. The van der Waals surface area contributed by atoms with Gasteiger partial charge in [0.2, 0.25) is 0 Å². The molecule has 0 saturated heterocycles. The van der Waals surface area contributed by atoms with E-state index in [2.05, 4.69) is 30.7 Å². The maximum Gasteiger partial charge on any atom is 0.336 e. The van der Waals surface area contributed by atoms with E-state index in [0.29, 0.717) is 27.2 Å². The lowest BCUT2D eigenvalue weighted by Gasteiger charge is -2.13. The number of aromatic nitrogens is 3. The van der Waals surface area contributed by atoms with Gasteiger partial charge in [-0.3, -0.25) is 4.72 Å². The van der Waals surface area contributed by atoms with E-state index in [4.69, 9.17) is 9.47 Å². The smallest absolute Gasteiger partial charge is 0.336 e. The Morgan fingerprint density at radius 3 is 2.46 bits per heavy atom. The third-order valence-electron chi connectivity index (χ3n) is 4.79. The van der Waals surface area contributed by atoms with Crippen LogP contribution in [0.1, 0.15) is 13.8 Å². The monoisotopic (exact) mass is 560 g/mol. The van der Waals surface area contributed by atoms with Gasteiger partial charge in [0.1, 0.15) is 16.5 Å². The van der Waals surface area contributed by atoms with E-state index in [1.54, 1.807) is 48.5 Å². The summed E-state index contributed by atoms with van der Waals surface area (Å²) in [5.74, 6) is 0.195. The number of hydrogen-bond donors (Lipinski definition) is 1. The number of hydrogen-bond acceptors (Lipinski definition) is 6. The molecule has 11 heteroatoms. The first-order chi connectivity index (χ1) is 16.7. The van der Waals surface area contributed by atoms with Gasteiger partial charge in [0.15, 0.2) is 5.82 Å². The molecule has 0 bridgehead atoms. The molecule has 0 aliphatic carbocycles. The standard InChI is InChI=1S/C24H22BrFN4O4S/c1-15(2)34-24-27-23(16-5-4-6-18(26)13-16)30(28-24)20-10-8-19(9-11-20)29-35(31,32)22-14-17(25)7-12-21(22)33-3/h4-15,29H,1-3H3. The summed E-state index contributed by atoms with van der Waals surface area (Å²) in [6.07, 6.45) is -0.155. The molecule has 1 heterocycles. The van der Waals surface area contributed by atoms with E-state index in [0.717, 1.165) is 0 Å². The summed E-state index contributed by atoms with van der Waals surface area (Å²) in [5.41, 5.74) is 1.43. The van der Waals surface area contributed by atoms with Crippen molar-refractivity contribution in [3.63, 3.8) is 0 Å². The number of nitrogens with zero attached hydrogens (tertiary/aromatic N) is 3. The predicted octanol–water partition coefficient (Wildman–Crippen LogP) is 5.43. The van der Waals surface area contributed by atoms with Crippen molar-refractivity contribution in [2.75, 3.05) is 11.8 Å². The topological polar surface area (TPSA) is 95.3 Å². The molecular formula is C24H22BrFN4O4S. The van der Waals surface area contributed by atoms with Crippen LogP contribution >= 0.6 is 15.9 Å². The molecule has 1 N–H and O–H groups in total. The number of halogens is 2. The van der Waals surface area contributed by atoms with Crippen LogP contribution in [0.15, 0.2) is 76.1 Å². The fourth-order valence-electron chi connectivity index (χ4n) is 3.29. The van der Waals surface area contributed by atoms with Crippen LogP contribution in [0.3, 0.4) is 0 Å². The molecule has 4 rings (SSSR count). The van der Waals surface area contributed by atoms with Crippen molar-refractivity contribution in [2.45, 2.75) is 24.8 Å². The van der Waals surface area contributed by atoms with Gasteiger partial charge in [-0.15, -0.1) is 5.10 Å². The Labute approximate surface area is 210 Å². The van der Waals surface area contributed by atoms with Crippen molar-refractivity contribution >= 4 is 31.6 Å². The van der Waals surface area contributed by atoms with E-state index in [1.807, 2.05) is 13.8 Å².